The van der Waals surface area contributed by atoms with Gasteiger partial charge in [-0.2, -0.15) is 26.3 Å². The van der Waals surface area contributed by atoms with Crippen LogP contribution in [0.5, 0.6) is 0 Å². The second-order valence-corrected chi connectivity index (χ2v) is 10.8. The number of halogens is 8. The summed E-state index contributed by atoms with van der Waals surface area (Å²) in [7, 11) is 1.31. The molecule has 0 saturated heterocycles. The van der Waals surface area contributed by atoms with Crippen molar-refractivity contribution in [2.45, 2.75) is 57.5 Å². The fourth-order valence-corrected chi connectivity index (χ4v) is 4.10. The molecule has 0 aliphatic carbocycles. The zero-order valence-electron chi connectivity index (χ0n) is 24.1. The van der Waals surface area contributed by atoms with Crippen LogP contribution >= 0.6 is 11.8 Å². The second kappa shape index (κ2) is 17.7. The van der Waals surface area contributed by atoms with Gasteiger partial charge in [0.2, 0.25) is 0 Å². The van der Waals surface area contributed by atoms with E-state index >= 15 is 0 Å². The number of thioether (sulfide) groups is 1. The third-order valence-corrected chi connectivity index (χ3v) is 6.83. The van der Waals surface area contributed by atoms with Crippen molar-refractivity contribution in [1.82, 2.24) is 0 Å². The molecule has 0 fully saturated rings. The van der Waals surface area contributed by atoms with Crippen molar-refractivity contribution in [1.29, 1.82) is 0 Å². The quantitative estimate of drug-likeness (QED) is 0.0627. The van der Waals surface area contributed by atoms with Crippen LogP contribution in [0.4, 0.5) is 35.1 Å². The normalized spacial score (nSPS) is 15.1. The number of esters is 4. The molecule has 3 unspecified atom stereocenters. The van der Waals surface area contributed by atoms with E-state index in [4.69, 9.17) is 14.2 Å². The SMILES string of the molecule is C=C(C)C(=O)OCC(O)COC(=O)CSCC(C)(CC(C)C(=O)OCCOC)C(=O)OCC(F)(F)C(F)(F)C(F)(F)C(F)F. The maximum absolute atomic E-state index is 14.0. The molecule has 19 heteroatoms. The molecule has 10 nitrogen and oxygen atoms in total. The lowest BCUT2D eigenvalue weighted by atomic mass is 9.83. The minimum absolute atomic E-state index is 0.00664. The molecule has 0 aliphatic rings. The van der Waals surface area contributed by atoms with Crippen molar-refractivity contribution >= 4 is 35.6 Å². The Morgan fingerprint density at radius 2 is 1.50 bits per heavy atom. The average Bonchev–Trinajstić information content (AvgIpc) is 2.92. The zero-order chi connectivity index (χ0) is 34.5. The van der Waals surface area contributed by atoms with Crippen LogP contribution < -0.4 is 0 Å². The molecule has 0 aromatic carbocycles. The lowest BCUT2D eigenvalue weighted by Gasteiger charge is -2.33. The standard InChI is InChI=1S/C25H34F8O10S/c1-14(2)18(36)42-10-16(34)9-41-17(35)11-44-13-22(4,8-15(3)19(37)40-7-6-39-5)21(38)43-12-23(28,29)25(32,33)24(30,31)20(26)27/h15-16,20,34H,1,6-13H2,2-5H3. The van der Waals surface area contributed by atoms with Crippen LogP contribution in [0.3, 0.4) is 0 Å². The molecule has 0 radical (unpaired) electrons. The summed E-state index contributed by atoms with van der Waals surface area (Å²) in [6, 6.07) is 0. The number of carbonyl (C=O) groups is 4. The Morgan fingerprint density at radius 3 is 2.02 bits per heavy atom. The predicted octanol–water partition coefficient (Wildman–Crippen LogP) is 3.68. The van der Waals surface area contributed by atoms with Crippen molar-refractivity contribution in [2.75, 3.05) is 51.6 Å². The fourth-order valence-electron chi connectivity index (χ4n) is 3.06. The van der Waals surface area contributed by atoms with Crippen molar-refractivity contribution in [3.8, 4) is 0 Å². The van der Waals surface area contributed by atoms with Crippen molar-refractivity contribution in [2.24, 2.45) is 11.3 Å². The molecular formula is C25H34F8O10S. The first-order valence-electron chi connectivity index (χ1n) is 12.5. The Labute approximate surface area is 251 Å². The highest BCUT2D eigenvalue weighted by Gasteiger charge is 2.75. The molecule has 44 heavy (non-hydrogen) atoms. The molecule has 3 atom stereocenters. The molecule has 256 valence electrons. The van der Waals surface area contributed by atoms with E-state index in [1.165, 1.54) is 21.0 Å². The summed E-state index contributed by atoms with van der Waals surface area (Å²) >= 11 is 0.612. The van der Waals surface area contributed by atoms with E-state index < -0.39 is 103 Å². The number of ether oxygens (including phenoxy) is 5. The second-order valence-electron chi connectivity index (χ2n) is 9.81. The number of hydrogen-bond acceptors (Lipinski definition) is 11. The highest BCUT2D eigenvalue weighted by Crippen LogP contribution is 2.48. The van der Waals surface area contributed by atoms with Crippen LogP contribution in [0.15, 0.2) is 12.2 Å². The number of methoxy groups -OCH3 is 1. The van der Waals surface area contributed by atoms with Gasteiger partial charge >= 0.3 is 48.1 Å². The first kappa shape index (κ1) is 41.3. The maximum Gasteiger partial charge on any atom is 0.381 e. The van der Waals surface area contributed by atoms with Crippen molar-refractivity contribution in [3.63, 3.8) is 0 Å². The number of aliphatic hydroxyl groups is 1. The van der Waals surface area contributed by atoms with Gasteiger partial charge in [0, 0.05) is 18.4 Å². The molecule has 0 rings (SSSR count). The van der Waals surface area contributed by atoms with Crippen molar-refractivity contribution < 1.29 is 83.1 Å². The van der Waals surface area contributed by atoms with Gasteiger partial charge in [0.15, 0.2) is 6.61 Å². The van der Waals surface area contributed by atoms with Gasteiger partial charge in [0.1, 0.15) is 25.9 Å². The Hall–Kier alpha value is -2.67. The lowest BCUT2D eigenvalue weighted by molar-refractivity contribution is -0.344. The van der Waals surface area contributed by atoms with Crippen LogP contribution in [0, 0.1) is 11.3 Å². The summed E-state index contributed by atoms with van der Waals surface area (Å²) in [6.45, 7) is 2.85. The summed E-state index contributed by atoms with van der Waals surface area (Å²) in [5.74, 6) is -25.7. The molecule has 0 aliphatic heterocycles. The van der Waals surface area contributed by atoms with E-state index in [9.17, 15) is 59.4 Å². The summed E-state index contributed by atoms with van der Waals surface area (Å²) in [6.07, 6.45) is -7.14. The first-order chi connectivity index (χ1) is 20.1. The van der Waals surface area contributed by atoms with Crippen molar-refractivity contribution in [3.05, 3.63) is 12.2 Å². The zero-order valence-corrected chi connectivity index (χ0v) is 25.0. The van der Waals surface area contributed by atoms with Gasteiger partial charge in [-0.1, -0.05) is 13.5 Å². The molecule has 0 spiro atoms. The summed E-state index contributed by atoms with van der Waals surface area (Å²) in [5.41, 5.74) is -1.98. The third-order valence-electron chi connectivity index (χ3n) is 5.55. The highest BCUT2D eigenvalue weighted by atomic mass is 32.2. The number of rotatable bonds is 21. The summed E-state index contributed by atoms with van der Waals surface area (Å²) in [5, 5.41) is 9.74. The smallest absolute Gasteiger partial charge is 0.381 e. The van der Waals surface area contributed by atoms with Crippen LogP contribution in [-0.4, -0.2) is 111 Å². The van der Waals surface area contributed by atoms with Crippen LogP contribution in [0.25, 0.3) is 0 Å². The van der Waals surface area contributed by atoms with E-state index in [1.807, 2.05) is 0 Å². The number of carbonyl (C=O) groups excluding carboxylic acids is 4. The number of aliphatic hydroxyl groups excluding tert-OH is 1. The maximum atomic E-state index is 14.0. The molecule has 0 saturated carbocycles. The third kappa shape index (κ3) is 12.4. The minimum Gasteiger partial charge on any atom is -0.463 e. The van der Waals surface area contributed by atoms with Gasteiger partial charge in [-0.3, -0.25) is 14.4 Å². The van der Waals surface area contributed by atoms with E-state index in [2.05, 4.69) is 16.1 Å². The van der Waals surface area contributed by atoms with Crippen LogP contribution in [0.1, 0.15) is 27.2 Å². The monoisotopic (exact) mass is 678 g/mol. The Bertz CT molecular complexity index is 998. The molecule has 0 aromatic heterocycles. The Balaban J connectivity index is 5.52. The Morgan fingerprint density at radius 1 is 0.932 bits per heavy atom. The minimum atomic E-state index is -6.62. The Kier molecular flexibility index (Phi) is 16.6. The van der Waals surface area contributed by atoms with Gasteiger partial charge < -0.3 is 28.8 Å². The van der Waals surface area contributed by atoms with E-state index in [0.29, 0.717) is 11.8 Å². The largest absolute Gasteiger partial charge is 0.463 e. The number of alkyl halides is 8. The van der Waals surface area contributed by atoms with Gasteiger partial charge in [0.05, 0.1) is 23.7 Å². The van der Waals surface area contributed by atoms with Crippen LogP contribution in [0.2, 0.25) is 0 Å². The van der Waals surface area contributed by atoms with Gasteiger partial charge in [-0.25, -0.2) is 13.6 Å². The lowest BCUT2D eigenvalue weighted by Crippen LogP contribution is -2.59. The summed E-state index contributed by atoms with van der Waals surface area (Å²) < 4.78 is 130. The molecule has 0 aromatic rings. The van der Waals surface area contributed by atoms with Gasteiger partial charge in [0.25, 0.3) is 0 Å². The number of hydrogen-bond donors (Lipinski definition) is 1. The van der Waals surface area contributed by atoms with E-state index in [0.717, 1.165) is 6.92 Å². The summed E-state index contributed by atoms with van der Waals surface area (Å²) in [4.78, 5) is 48.4. The molecular weight excluding hydrogens is 644 g/mol. The first-order valence-corrected chi connectivity index (χ1v) is 13.7. The highest BCUT2D eigenvalue weighted by molar-refractivity contribution is 8.00. The van der Waals surface area contributed by atoms with E-state index in [1.54, 1.807) is 0 Å². The molecule has 1 N–H and O–H groups in total. The fraction of sp³-hybridized carbons (Fsp3) is 0.760. The van der Waals surface area contributed by atoms with Gasteiger partial charge in [-0.05, 0) is 20.3 Å². The molecule has 0 amide bonds. The van der Waals surface area contributed by atoms with Crippen LogP contribution in [-0.2, 0) is 42.9 Å². The average molecular weight is 679 g/mol. The predicted molar refractivity (Wildman–Crippen MR) is 137 cm³/mol. The van der Waals surface area contributed by atoms with Gasteiger partial charge in [-0.15, -0.1) is 11.8 Å². The molecule has 0 heterocycles. The van der Waals surface area contributed by atoms with E-state index in [-0.39, 0.29) is 18.8 Å². The molecule has 0 bridgehead atoms. The topological polar surface area (TPSA) is 135 Å².